The molecule has 2 rings (SSSR count). The fourth-order valence-electron chi connectivity index (χ4n) is 2.43. The van der Waals surface area contributed by atoms with E-state index in [0.717, 1.165) is 12.3 Å². The van der Waals surface area contributed by atoms with Crippen molar-refractivity contribution < 1.29 is 4.74 Å². The van der Waals surface area contributed by atoms with Crippen LogP contribution in [0.15, 0.2) is 18.2 Å². The van der Waals surface area contributed by atoms with Crippen LogP contribution in [0.2, 0.25) is 0 Å². The molecular weight excluding hydrogens is 210 g/mol. The highest BCUT2D eigenvalue weighted by molar-refractivity contribution is 5.38. The van der Waals surface area contributed by atoms with Gasteiger partial charge in [0.25, 0.3) is 0 Å². The van der Waals surface area contributed by atoms with Crippen LogP contribution in [0.5, 0.6) is 5.75 Å². The molecule has 1 heterocycles. The molecule has 2 heteroatoms. The predicted molar refractivity (Wildman–Crippen MR) is 71.6 cm³/mol. The Kier molecular flexibility index (Phi) is 4.06. The van der Waals surface area contributed by atoms with Crippen LogP contribution in [0, 0.1) is 0 Å². The Hall–Kier alpha value is -1.02. The van der Waals surface area contributed by atoms with E-state index in [0.29, 0.717) is 5.92 Å². The molecule has 0 bridgehead atoms. The average Bonchev–Trinajstić information content (AvgIpc) is 2.82. The standard InChI is InChI=1S/C15H23NO/c1-12(2)13-6-7-14(15(10-13)17-3)11-16-8-4-5-9-16/h6-7,10,12H,4-5,8-9,11H2,1-3H3. The topological polar surface area (TPSA) is 12.5 Å². The second-order valence-electron chi connectivity index (χ2n) is 5.21. The molecule has 0 atom stereocenters. The third-order valence-corrected chi connectivity index (χ3v) is 3.57. The van der Waals surface area contributed by atoms with Crippen LogP contribution < -0.4 is 4.74 Å². The Morgan fingerprint density at radius 2 is 1.94 bits per heavy atom. The van der Waals surface area contributed by atoms with E-state index in [1.807, 2.05) is 0 Å². The normalized spacial score (nSPS) is 16.7. The van der Waals surface area contributed by atoms with E-state index in [2.05, 4.69) is 36.9 Å². The largest absolute Gasteiger partial charge is 0.496 e. The quantitative estimate of drug-likeness (QED) is 0.790. The van der Waals surface area contributed by atoms with E-state index in [1.54, 1.807) is 7.11 Å². The van der Waals surface area contributed by atoms with Crippen molar-refractivity contribution in [1.29, 1.82) is 0 Å². The summed E-state index contributed by atoms with van der Waals surface area (Å²) in [7, 11) is 1.77. The van der Waals surface area contributed by atoms with Gasteiger partial charge < -0.3 is 4.74 Å². The predicted octanol–water partition coefficient (Wildman–Crippen LogP) is 3.41. The van der Waals surface area contributed by atoms with Gasteiger partial charge in [-0.25, -0.2) is 0 Å². The van der Waals surface area contributed by atoms with E-state index in [-0.39, 0.29) is 0 Å². The molecule has 17 heavy (non-hydrogen) atoms. The van der Waals surface area contributed by atoms with Crippen LogP contribution in [0.4, 0.5) is 0 Å². The van der Waals surface area contributed by atoms with Crippen LogP contribution in [-0.2, 0) is 6.54 Å². The van der Waals surface area contributed by atoms with Gasteiger partial charge in [0.2, 0.25) is 0 Å². The maximum atomic E-state index is 5.52. The van der Waals surface area contributed by atoms with Crippen molar-refractivity contribution in [2.45, 2.75) is 39.2 Å². The van der Waals surface area contributed by atoms with E-state index < -0.39 is 0 Å². The lowest BCUT2D eigenvalue weighted by Crippen LogP contribution is -2.18. The Balaban J connectivity index is 2.15. The summed E-state index contributed by atoms with van der Waals surface area (Å²) in [5, 5.41) is 0. The maximum absolute atomic E-state index is 5.52. The van der Waals surface area contributed by atoms with Crippen molar-refractivity contribution in [2.75, 3.05) is 20.2 Å². The minimum Gasteiger partial charge on any atom is -0.496 e. The van der Waals surface area contributed by atoms with Crippen molar-refractivity contribution in [3.63, 3.8) is 0 Å². The molecule has 0 aromatic heterocycles. The van der Waals surface area contributed by atoms with Gasteiger partial charge >= 0.3 is 0 Å². The molecule has 0 radical (unpaired) electrons. The van der Waals surface area contributed by atoms with Gasteiger partial charge in [0.15, 0.2) is 0 Å². The van der Waals surface area contributed by atoms with Crippen molar-refractivity contribution in [2.24, 2.45) is 0 Å². The lowest BCUT2D eigenvalue weighted by atomic mass is 10.0. The van der Waals surface area contributed by atoms with Crippen molar-refractivity contribution in [3.8, 4) is 5.75 Å². The zero-order valence-electron chi connectivity index (χ0n) is 11.2. The number of benzene rings is 1. The molecule has 0 spiro atoms. The van der Waals surface area contributed by atoms with Gasteiger partial charge in [-0.3, -0.25) is 4.90 Å². The first-order valence-electron chi connectivity index (χ1n) is 6.60. The molecule has 1 aliphatic rings. The number of rotatable bonds is 4. The second kappa shape index (κ2) is 5.54. The van der Waals surface area contributed by atoms with Gasteiger partial charge in [0.1, 0.15) is 5.75 Å². The van der Waals surface area contributed by atoms with E-state index in [4.69, 9.17) is 4.74 Å². The number of ether oxygens (including phenoxy) is 1. The average molecular weight is 233 g/mol. The summed E-state index contributed by atoms with van der Waals surface area (Å²) in [6.07, 6.45) is 2.68. The van der Waals surface area contributed by atoms with Crippen LogP contribution in [-0.4, -0.2) is 25.1 Å². The molecule has 0 amide bonds. The highest BCUT2D eigenvalue weighted by Gasteiger charge is 2.14. The molecule has 0 unspecified atom stereocenters. The highest BCUT2D eigenvalue weighted by Crippen LogP contribution is 2.26. The van der Waals surface area contributed by atoms with E-state index in [9.17, 15) is 0 Å². The van der Waals surface area contributed by atoms with Gasteiger partial charge in [0.05, 0.1) is 7.11 Å². The van der Waals surface area contributed by atoms with Gasteiger partial charge in [-0.1, -0.05) is 26.0 Å². The molecular formula is C15H23NO. The van der Waals surface area contributed by atoms with Gasteiger partial charge in [0, 0.05) is 12.1 Å². The minimum absolute atomic E-state index is 0.560. The first-order chi connectivity index (χ1) is 8.20. The van der Waals surface area contributed by atoms with E-state index in [1.165, 1.54) is 37.1 Å². The number of nitrogens with zero attached hydrogens (tertiary/aromatic N) is 1. The Morgan fingerprint density at radius 3 is 2.53 bits per heavy atom. The smallest absolute Gasteiger partial charge is 0.123 e. The number of hydrogen-bond acceptors (Lipinski definition) is 2. The SMILES string of the molecule is COc1cc(C(C)C)ccc1CN1CCCC1. The first-order valence-corrected chi connectivity index (χ1v) is 6.60. The van der Waals surface area contributed by atoms with Crippen molar-refractivity contribution in [1.82, 2.24) is 4.90 Å². The first kappa shape index (κ1) is 12.4. The second-order valence-corrected chi connectivity index (χ2v) is 5.21. The lowest BCUT2D eigenvalue weighted by molar-refractivity contribution is 0.320. The summed E-state index contributed by atoms with van der Waals surface area (Å²) in [5.74, 6) is 1.60. The van der Waals surface area contributed by atoms with Crippen LogP contribution in [0.1, 0.15) is 43.7 Å². The Bertz CT molecular complexity index is 367. The number of likely N-dealkylation sites (tertiary alicyclic amines) is 1. The molecule has 1 fully saturated rings. The molecule has 94 valence electrons. The molecule has 0 aliphatic carbocycles. The third kappa shape index (κ3) is 3.01. The third-order valence-electron chi connectivity index (χ3n) is 3.57. The van der Waals surface area contributed by atoms with Crippen molar-refractivity contribution in [3.05, 3.63) is 29.3 Å². The number of methoxy groups -OCH3 is 1. The Morgan fingerprint density at radius 1 is 1.24 bits per heavy atom. The van der Waals surface area contributed by atoms with Gasteiger partial charge in [-0.2, -0.15) is 0 Å². The molecule has 1 aliphatic heterocycles. The van der Waals surface area contributed by atoms with Gasteiger partial charge in [-0.05, 0) is 43.5 Å². The zero-order valence-corrected chi connectivity index (χ0v) is 11.2. The fourth-order valence-corrected chi connectivity index (χ4v) is 2.43. The molecule has 0 saturated carbocycles. The summed E-state index contributed by atoms with van der Waals surface area (Å²) in [5.41, 5.74) is 2.67. The van der Waals surface area contributed by atoms with E-state index >= 15 is 0 Å². The van der Waals surface area contributed by atoms with Crippen LogP contribution in [0.25, 0.3) is 0 Å². The summed E-state index contributed by atoms with van der Waals surface area (Å²) in [4.78, 5) is 2.51. The maximum Gasteiger partial charge on any atom is 0.123 e. The van der Waals surface area contributed by atoms with Crippen LogP contribution in [0.3, 0.4) is 0 Å². The minimum atomic E-state index is 0.560. The summed E-state index contributed by atoms with van der Waals surface area (Å²) >= 11 is 0. The zero-order chi connectivity index (χ0) is 12.3. The summed E-state index contributed by atoms with van der Waals surface area (Å²) in [6, 6.07) is 6.65. The Labute approximate surface area is 105 Å². The molecule has 2 nitrogen and oxygen atoms in total. The summed E-state index contributed by atoms with van der Waals surface area (Å²) < 4.78 is 5.52. The van der Waals surface area contributed by atoms with Crippen molar-refractivity contribution >= 4 is 0 Å². The summed E-state index contributed by atoms with van der Waals surface area (Å²) in [6.45, 7) is 7.93. The lowest BCUT2D eigenvalue weighted by Gasteiger charge is -2.18. The number of hydrogen-bond donors (Lipinski definition) is 0. The molecule has 1 aromatic rings. The highest BCUT2D eigenvalue weighted by atomic mass is 16.5. The molecule has 1 aromatic carbocycles. The molecule has 1 saturated heterocycles. The van der Waals surface area contributed by atoms with Crippen LogP contribution >= 0.6 is 0 Å². The fraction of sp³-hybridized carbons (Fsp3) is 0.600. The van der Waals surface area contributed by atoms with Gasteiger partial charge in [-0.15, -0.1) is 0 Å². The molecule has 0 N–H and O–H groups in total. The monoisotopic (exact) mass is 233 g/mol.